The largest absolute Gasteiger partial charge is 0.295 e. The van der Waals surface area contributed by atoms with Crippen LogP contribution in [0.1, 0.15) is 5.01 Å². The van der Waals surface area contributed by atoms with Crippen LogP contribution < -0.4 is 0 Å². The summed E-state index contributed by atoms with van der Waals surface area (Å²) in [6.45, 7) is 3.22. The molecule has 2 rings (SSSR count). The highest BCUT2D eigenvalue weighted by molar-refractivity contribution is 7.99. The van der Waals surface area contributed by atoms with Gasteiger partial charge in [0.25, 0.3) is 0 Å². The molecular weight excluding hydrogens is 226 g/mol. The number of hydrogen-bond acceptors (Lipinski definition) is 5. The normalized spacial score (nSPS) is 19.2. The van der Waals surface area contributed by atoms with E-state index in [1.54, 1.807) is 0 Å². The average molecular weight is 236 g/mol. The molecule has 1 aliphatic heterocycles. The van der Waals surface area contributed by atoms with Crippen LogP contribution in [0.25, 0.3) is 0 Å². The third-order valence-electron chi connectivity index (χ3n) is 1.90. The molecule has 1 fully saturated rings. The van der Waals surface area contributed by atoms with Gasteiger partial charge in [-0.25, -0.2) is 0 Å². The zero-order valence-corrected chi connectivity index (χ0v) is 9.46. The molecule has 0 amide bonds. The van der Waals surface area contributed by atoms with Crippen LogP contribution in [-0.4, -0.2) is 39.7 Å². The van der Waals surface area contributed by atoms with Gasteiger partial charge in [-0.3, -0.25) is 4.90 Å². The van der Waals surface area contributed by atoms with Crippen LogP contribution in [0, 0.1) is 0 Å². The van der Waals surface area contributed by atoms with E-state index in [0.29, 0.717) is 4.47 Å². The molecule has 3 nitrogen and oxygen atoms in total. The Hall–Kier alpha value is 0.160. The summed E-state index contributed by atoms with van der Waals surface area (Å²) in [7, 11) is 0. The van der Waals surface area contributed by atoms with E-state index in [1.165, 1.54) is 22.8 Å². The minimum absolute atomic E-state index is 0.543. The number of halogens is 1. The third-order valence-corrected chi connectivity index (χ3v) is 3.85. The summed E-state index contributed by atoms with van der Waals surface area (Å²) in [5, 5.41) is 8.81. The molecule has 0 unspecified atom stereocenters. The molecule has 1 saturated heterocycles. The van der Waals surface area contributed by atoms with Crippen molar-refractivity contribution in [2.45, 2.75) is 6.54 Å². The maximum Gasteiger partial charge on any atom is 0.207 e. The van der Waals surface area contributed by atoms with E-state index in [4.69, 9.17) is 11.6 Å². The first-order valence-corrected chi connectivity index (χ1v) is 6.47. The first-order chi connectivity index (χ1) is 6.34. The van der Waals surface area contributed by atoms with Crippen molar-refractivity contribution in [3.8, 4) is 0 Å². The van der Waals surface area contributed by atoms with Gasteiger partial charge in [0, 0.05) is 24.6 Å². The second-order valence-electron chi connectivity index (χ2n) is 2.84. The van der Waals surface area contributed by atoms with Gasteiger partial charge in [0.2, 0.25) is 4.47 Å². The molecule has 0 aliphatic carbocycles. The molecule has 13 heavy (non-hydrogen) atoms. The van der Waals surface area contributed by atoms with Crippen LogP contribution in [0.2, 0.25) is 4.47 Å². The lowest BCUT2D eigenvalue weighted by Crippen LogP contribution is -2.31. The lowest BCUT2D eigenvalue weighted by atomic mass is 10.5. The molecule has 1 aromatic rings. The Morgan fingerprint density at radius 2 is 2.08 bits per heavy atom. The Balaban J connectivity index is 1.89. The zero-order valence-electron chi connectivity index (χ0n) is 7.07. The summed E-state index contributed by atoms with van der Waals surface area (Å²) in [4.78, 5) is 2.40. The standard InChI is InChI=1S/C7H10ClN3S2/c8-7-10-9-6(13-7)5-11-1-3-12-4-2-11/h1-5H2. The molecule has 6 heteroatoms. The van der Waals surface area contributed by atoms with E-state index in [2.05, 4.69) is 15.1 Å². The summed E-state index contributed by atoms with van der Waals surface area (Å²) in [6.07, 6.45) is 0. The van der Waals surface area contributed by atoms with Crippen molar-refractivity contribution in [2.75, 3.05) is 24.6 Å². The van der Waals surface area contributed by atoms with Gasteiger partial charge in [0.1, 0.15) is 5.01 Å². The highest BCUT2D eigenvalue weighted by atomic mass is 35.5. The molecule has 2 heterocycles. The number of thioether (sulfide) groups is 1. The third kappa shape index (κ3) is 2.80. The quantitative estimate of drug-likeness (QED) is 0.781. The fraction of sp³-hybridized carbons (Fsp3) is 0.714. The predicted molar refractivity (Wildman–Crippen MR) is 57.5 cm³/mol. The van der Waals surface area contributed by atoms with Crippen LogP contribution in [0.3, 0.4) is 0 Å². The monoisotopic (exact) mass is 235 g/mol. The first-order valence-electron chi connectivity index (χ1n) is 4.12. The van der Waals surface area contributed by atoms with Crippen LogP contribution >= 0.6 is 34.7 Å². The van der Waals surface area contributed by atoms with Gasteiger partial charge in [-0.1, -0.05) is 11.3 Å². The Bertz CT molecular complexity index is 272. The average Bonchev–Trinajstić information content (AvgIpc) is 2.53. The molecule has 0 aromatic carbocycles. The minimum Gasteiger partial charge on any atom is -0.295 e. The number of aromatic nitrogens is 2. The molecule has 1 aliphatic rings. The van der Waals surface area contributed by atoms with Gasteiger partial charge in [-0.2, -0.15) is 11.8 Å². The highest BCUT2D eigenvalue weighted by Gasteiger charge is 2.12. The maximum absolute atomic E-state index is 5.70. The molecule has 0 saturated carbocycles. The molecule has 72 valence electrons. The second kappa shape index (κ2) is 4.59. The molecular formula is C7H10ClN3S2. The van der Waals surface area contributed by atoms with Crippen LogP contribution in [0.5, 0.6) is 0 Å². The topological polar surface area (TPSA) is 29.0 Å². The predicted octanol–water partition coefficient (Wildman–Crippen LogP) is 1.74. The van der Waals surface area contributed by atoms with Crippen LogP contribution in [0.4, 0.5) is 0 Å². The fourth-order valence-corrected chi connectivity index (χ4v) is 3.14. The summed E-state index contributed by atoms with van der Waals surface area (Å²) in [5.41, 5.74) is 0. The van der Waals surface area contributed by atoms with Gasteiger partial charge in [0.15, 0.2) is 0 Å². The van der Waals surface area contributed by atoms with Crippen molar-refractivity contribution in [2.24, 2.45) is 0 Å². The Morgan fingerprint density at radius 3 is 2.69 bits per heavy atom. The number of rotatable bonds is 2. The number of nitrogens with zero attached hydrogens (tertiary/aromatic N) is 3. The zero-order chi connectivity index (χ0) is 9.10. The van der Waals surface area contributed by atoms with E-state index < -0.39 is 0 Å². The molecule has 0 spiro atoms. The Kier molecular flexibility index (Phi) is 3.43. The first kappa shape index (κ1) is 9.71. The van der Waals surface area contributed by atoms with Crippen molar-refractivity contribution in [3.05, 3.63) is 9.47 Å². The van der Waals surface area contributed by atoms with Gasteiger partial charge in [-0.05, 0) is 11.6 Å². The van der Waals surface area contributed by atoms with Crippen molar-refractivity contribution in [3.63, 3.8) is 0 Å². The Morgan fingerprint density at radius 1 is 1.31 bits per heavy atom. The summed E-state index contributed by atoms with van der Waals surface area (Å²) in [5.74, 6) is 2.46. The van der Waals surface area contributed by atoms with Crippen molar-refractivity contribution in [1.82, 2.24) is 15.1 Å². The van der Waals surface area contributed by atoms with Crippen LogP contribution in [0.15, 0.2) is 0 Å². The lowest BCUT2D eigenvalue weighted by Gasteiger charge is -2.24. The van der Waals surface area contributed by atoms with E-state index in [1.807, 2.05) is 11.8 Å². The highest BCUT2D eigenvalue weighted by Crippen LogP contribution is 2.18. The summed E-state index contributed by atoms with van der Waals surface area (Å²) < 4.78 is 0.543. The fourth-order valence-electron chi connectivity index (χ4n) is 1.25. The van der Waals surface area contributed by atoms with E-state index in [-0.39, 0.29) is 0 Å². The molecule has 0 atom stereocenters. The summed E-state index contributed by atoms with van der Waals surface area (Å²) >= 11 is 9.19. The van der Waals surface area contributed by atoms with Crippen molar-refractivity contribution >= 4 is 34.7 Å². The van der Waals surface area contributed by atoms with Gasteiger partial charge in [-0.15, -0.1) is 10.2 Å². The van der Waals surface area contributed by atoms with E-state index >= 15 is 0 Å². The Labute approximate surface area is 90.5 Å². The molecule has 0 bridgehead atoms. The maximum atomic E-state index is 5.70. The van der Waals surface area contributed by atoms with Gasteiger partial charge < -0.3 is 0 Å². The van der Waals surface area contributed by atoms with E-state index in [0.717, 1.165) is 24.6 Å². The summed E-state index contributed by atoms with van der Waals surface area (Å²) in [6, 6.07) is 0. The number of hydrogen-bond donors (Lipinski definition) is 0. The second-order valence-corrected chi connectivity index (χ2v) is 5.71. The smallest absolute Gasteiger partial charge is 0.207 e. The van der Waals surface area contributed by atoms with E-state index in [9.17, 15) is 0 Å². The molecule has 1 aromatic heterocycles. The van der Waals surface area contributed by atoms with Gasteiger partial charge >= 0.3 is 0 Å². The van der Waals surface area contributed by atoms with Crippen molar-refractivity contribution in [1.29, 1.82) is 0 Å². The SMILES string of the molecule is Clc1nnc(CN2CCSCC2)s1. The lowest BCUT2D eigenvalue weighted by molar-refractivity contribution is 0.293. The van der Waals surface area contributed by atoms with Crippen LogP contribution in [-0.2, 0) is 6.54 Å². The van der Waals surface area contributed by atoms with Gasteiger partial charge in [0.05, 0.1) is 6.54 Å². The molecule has 0 radical (unpaired) electrons. The minimum atomic E-state index is 0.543. The molecule has 0 N–H and O–H groups in total. The van der Waals surface area contributed by atoms with Crippen molar-refractivity contribution < 1.29 is 0 Å².